The van der Waals surface area contributed by atoms with Crippen molar-refractivity contribution in [1.29, 1.82) is 0 Å². The van der Waals surface area contributed by atoms with E-state index in [1.54, 1.807) is 19.2 Å². The number of likely N-dealkylation sites (N-methyl/N-ethyl adjacent to an activating group) is 1. The second-order valence-corrected chi connectivity index (χ2v) is 8.34. The van der Waals surface area contributed by atoms with Crippen LogP contribution in [0, 0.1) is 0 Å². The van der Waals surface area contributed by atoms with E-state index in [1.165, 1.54) is 4.31 Å². The van der Waals surface area contributed by atoms with Crippen molar-refractivity contribution in [2.45, 2.75) is 11.0 Å². The molecule has 6 heteroatoms. The topological polar surface area (TPSA) is 55.8 Å². The van der Waals surface area contributed by atoms with Crippen molar-refractivity contribution in [3.05, 3.63) is 66.7 Å². The van der Waals surface area contributed by atoms with Gasteiger partial charge in [-0.25, -0.2) is 8.42 Å². The molecule has 1 aliphatic heterocycles. The minimum absolute atomic E-state index is 0.212. The van der Waals surface area contributed by atoms with Crippen LogP contribution in [0.25, 0.3) is 10.8 Å². The molecule has 134 valence electrons. The molecule has 3 aromatic rings. The molecular formula is C20H19NO4S. The molecule has 0 radical (unpaired) electrons. The second kappa shape index (κ2) is 6.63. The Morgan fingerprint density at radius 1 is 0.962 bits per heavy atom. The quantitative estimate of drug-likeness (QED) is 0.708. The molecular weight excluding hydrogens is 350 g/mol. The highest BCUT2D eigenvalue weighted by Gasteiger charge is 2.28. The van der Waals surface area contributed by atoms with Crippen molar-refractivity contribution < 1.29 is 17.9 Å². The average Bonchev–Trinajstić information content (AvgIpc) is 2.67. The Labute approximate surface area is 152 Å². The SMILES string of the molecule is CN(CC1COc2ccccc2O1)S(=O)(=O)c1ccc2ccccc2c1. The summed E-state index contributed by atoms with van der Waals surface area (Å²) < 4.78 is 38.7. The first-order chi connectivity index (χ1) is 12.5. The van der Waals surface area contributed by atoms with Gasteiger partial charge in [0.25, 0.3) is 0 Å². The standard InChI is InChI=1S/C20H19NO4S/c1-21(13-17-14-24-19-8-4-5-9-20(19)25-17)26(22,23)18-11-10-15-6-2-3-7-16(15)12-18/h2-12,17H,13-14H2,1H3. The predicted octanol–water partition coefficient (Wildman–Crippen LogP) is 3.30. The molecule has 0 aliphatic carbocycles. The molecule has 0 bridgehead atoms. The van der Waals surface area contributed by atoms with Crippen LogP contribution in [0.4, 0.5) is 0 Å². The van der Waals surface area contributed by atoms with Crippen LogP contribution in [0.2, 0.25) is 0 Å². The maximum Gasteiger partial charge on any atom is 0.242 e. The molecule has 0 saturated heterocycles. The van der Waals surface area contributed by atoms with Gasteiger partial charge in [0.2, 0.25) is 10.0 Å². The first kappa shape index (κ1) is 16.9. The maximum absolute atomic E-state index is 12.9. The van der Waals surface area contributed by atoms with Gasteiger partial charge in [-0.1, -0.05) is 42.5 Å². The van der Waals surface area contributed by atoms with E-state index >= 15 is 0 Å². The van der Waals surface area contributed by atoms with Crippen molar-refractivity contribution in [3.63, 3.8) is 0 Å². The third kappa shape index (κ3) is 3.13. The van der Waals surface area contributed by atoms with Gasteiger partial charge in [0.1, 0.15) is 12.7 Å². The highest BCUT2D eigenvalue weighted by Crippen LogP contribution is 2.31. The average molecular weight is 369 g/mol. The third-order valence-corrected chi connectivity index (χ3v) is 6.28. The van der Waals surface area contributed by atoms with Gasteiger partial charge in [-0.2, -0.15) is 4.31 Å². The summed E-state index contributed by atoms with van der Waals surface area (Å²) in [5.74, 6) is 1.32. The summed E-state index contributed by atoms with van der Waals surface area (Å²) >= 11 is 0. The summed E-state index contributed by atoms with van der Waals surface area (Å²) in [6, 6.07) is 20.2. The minimum atomic E-state index is -3.61. The Morgan fingerprint density at radius 3 is 2.46 bits per heavy atom. The Kier molecular flexibility index (Phi) is 4.30. The lowest BCUT2D eigenvalue weighted by molar-refractivity contribution is 0.0798. The summed E-state index contributed by atoms with van der Waals surface area (Å²) in [5.41, 5.74) is 0. The highest BCUT2D eigenvalue weighted by molar-refractivity contribution is 7.89. The Hall–Kier alpha value is -2.57. The van der Waals surface area contributed by atoms with Crippen LogP contribution in [-0.2, 0) is 10.0 Å². The molecule has 3 aromatic carbocycles. The molecule has 1 unspecified atom stereocenters. The first-order valence-electron chi connectivity index (χ1n) is 8.38. The number of para-hydroxylation sites is 2. The van der Waals surface area contributed by atoms with Gasteiger partial charge in [0, 0.05) is 7.05 Å². The lowest BCUT2D eigenvalue weighted by Gasteiger charge is -2.29. The predicted molar refractivity (Wildman–Crippen MR) is 100 cm³/mol. The van der Waals surface area contributed by atoms with Gasteiger partial charge >= 0.3 is 0 Å². The molecule has 0 spiro atoms. The number of hydrogen-bond acceptors (Lipinski definition) is 4. The minimum Gasteiger partial charge on any atom is -0.486 e. The molecule has 1 heterocycles. The fourth-order valence-corrected chi connectivity index (χ4v) is 4.28. The zero-order valence-corrected chi connectivity index (χ0v) is 15.1. The smallest absolute Gasteiger partial charge is 0.242 e. The highest BCUT2D eigenvalue weighted by atomic mass is 32.2. The number of ether oxygens (including phenoxy) is 2. The Bertz CT molecular complexity index is 1050. The van der Waals surface area contributed by atoms with Crippen molar-refractivity contribution in [2.24, 2.45) is 0 Å². The van der Waals surface area contributed by atoms with Gasteiger partial charge < -0.3 is 9.47 Å². The molecule has 0 amide bonds. The number of sulfonamides is 1. The van der Waals surface area contributed by atoms with Crippen LogP contribution in [0.1, 0.15) is 0 Å². The van der Waals surface area contributed by atoms with E-state index in [9.17, 15) is 8.42 Å². The van der Waals surface area contributed by atoms with Gasteiger partial charge in [0.15, 0.2) is 11.5 Å². The lowest BCUT2D eigenvalue weighted by atomic mass is 10.1. The van der Waals surface area contributed by atoms with E-state index in [0.29, 0.717) is 18.1 Å². The molecule has 26 heavy (non-hydrogen) atoms. The zero-order valence-electron chi connectivity index (χ0n) is 14.3. The van der Waals surface area contributed by atoms with Crippen LogP contribution >= 0.6 is 0 Å². The lowest BCUT2D eigenvalue weighted by Crippen LogP contribution is -2.41. The van der Waals surface area contributed by atoms with E-state index < -0.39 is 10.0 Å². The molecule has 5 nitrogen and oxygen atoms in total. The molecule has 1 atom stereocenters. The fraction of sp³-hybridized carbons (Fsp3) is 0.200. The number of benzene rings is 3. The van der Waals surface area contributed by atoms with Gasteiger partial charge in [-0.05, 0) is 35.0 Å². The molecule has 0 saturated carbocycles. The van der Waals surface area contributed by atoms with E-state index in [0.717, 1.165) is 10.8 Å². The molecule has 4 rings (SSSR count). The van der Waals surface area contributed by atoms with Crippen LogP contribution < -0.4 is 9.47 Å². The van der Waals surface area contributed by atoms with E-state index in [2.05, 4.69) is 0 Å². The Balaban J connectivity index is 1.54. The molecule has 0 aromatic heterocycles. The molecule has 0 N–H and O–H groups in total. The zero-order chi connectivity index (χ0) is 18.1. The van der Waals surface area contributed by atoms with Crippen LogP contribution in [-0.4, -0.2) is 39.0 Å². The van der Waals surface area contributed by atoms with E-state index in [4.69, 9.17) is 9.47 Å². The second-order valence-electron chi connectivity index (χ2n) is 6.29. The van der Waals surface area contributed by atoms with E-state index in [1.807, 2.05) is 54.6 Å². The van der Waals surface area contributed by atoms with Crippen LogP contribution in [0.3, 0.4) is 0 Å². The summed E-state index contributed by atoms with van der Waals surface area (Å²) in [4.78, 5) is 0.274. The number of rotatable bonds is 4. The number of fused-ring (bicyclic) bond motifs is 2. The van der Waals surface area contributed by atoms with Crippen molar-refractivity contribution >= 4 is 20.8 Å². The summed E-state index contributed by atoms with van der Waals surface area (Å²) in [5, 5.41) is 1.91. The van der Waals surface area contributed by atoms with Crippen LogP contribution in [0.5, 0.6) is 11.5 Å². The molecule has 1 aliphatic rings. The molecule has 0 fully saturated rings. The summed E-state index contributed by atoms with van der Waals surface area (Å²) in [6.45, 7) is 0.526. The van der Waals surface area contributed by atoms with Crippen LogP contribution in [0.15, 0.2) is 71.6 Å². The first-order valence-corrected chi connectivity index (χ1v) is 9.82. The monoisotopic (exact) mass is 369 g/mol. The van der Waals surface area contributed by atoms with Gasteiger partial charge in [0.05, 0.1) is 11.4 Å². The van der Waals surface area contributed by atoms with Crippen molar-refractivity contribution in [1.82, 2.24) is 4.31 Å². The van der Waals surface area contributed by atoms with Crippen molar-refractivity contribution in [3.8, 4) is 11.5 Å². The summed E-state index contributed by atoms with van der Waals surface area (Å²) in [7, 11) is -2.05. The summed E-state index contributed by atoms with van der Waals surface area (Å²) in [6.07, 6.45) is -0.356. The van der Waals surface area contributed by atoms with Gasteiger partial charge in [-0.15, -0.1) is 0 Å². The largest absolute Gasteiger partial charge is 0.486 e. The third-order valence-electron chi connectivity index (χ3n) is 4.46. The normalized spacial score (nSPS) is 16.8. The van der Waals surface area contributed by atoms with Gasteiger partial charge in [-0.3, -0.25) is 0 Å². The number of nitrogens with zero attached hydrogens (tertiary/aromatic N) is 1. The number of hydrogen-bond donors (Lipinski definition) is 0. The fourth-order valence-electron chi connectivity index (χ4n) is 3.05. The van der Waals surface area contributed by atoms with Crippen molar-refractivity contribution in [2.75, 3.05) is 20.2 Å². The Morgan fingerprint density at radius 2 is 1.65 bits per heavy atom. The van der Waals surface area contributed by atoms with E-state index in [-0.39, 0.29) is 17.5 Å². The maximum atomic E-state index is 12.9.